The number of anilines is 1. The van der Waals surface area contributed by atoms with Crippen molar-refractivity contribution in [2.24, 2.45) is 5.92 Å². The van der Waals surface area contributed by atoms with Crippen LogP contribution in [0.1, 0.15) is 12.8 Å². The number of hydrogen-bond acceptors (Lipinski definition) is 3. The monoisotopic (exact) mass is 338 g/mol. The van der Waals surface area contributed by atoms with Crippen molar-refractivity contribution < 1.29 is 13.5 Å². The lowest BCUT2D eigenvalue weighted by Crippen LogP contribution is -2.22. The zero-order valence-corrected chi connectivity index (χ0v) is 13.2. The second-order valence-electron chi connectivity index (χ2n) is 5.65. The standard InChI is InChI=1S/C17H17ClF2N2O/c18-16-10-22-17(20)8-15(16)12-5-13(19)7-14(6-12)21-9-11-1-3-23-4-2-11/h5-8,10-11,21H,1-4,9H2. The van der Waals surface area contributed by atoms with Crippen molar-refractivity contribution in [1.82, 2.24) is 4.98 Å². The first-order valence-electron chi connectivity index (χ1n) is 7.55. The van der Waals surface area contributed by atoms with Gasteiger partial charge < -0.3 is 10.1 Å². The van der Waals surface area contributed by atoms with E-state index in [4.69, 9.17) is 16.3 Å². The van der Waals surface area contributed by atoms with Crippen molar-refractivity contribution in [2.75, 3.05) is 25.1 Å². The molecule has 1 aliphatic rings. The molecule has 1 saturated heterocycles. The Balaban J connectivity index is 1.79. The van der Waals surface area contributed by atoms with E-state index in [0.29, 0.717) is 22.7 Å². The van der Waals surface area contributed by atoms with Crippen LogP contribution in [0.4, 0.5) is 14.5 Å². The van der Waals surface area contributed by atoms with Gasteiger partial charge in [-0.2, -0.15) is 4.39 Å². The van der Waals surface area contributed by atoms with E-state index < -0.39 is 11.8 Å². The summed E-state index contributed by atoms with van der Waals surface area (Å²) in [6.45, 7) is 2.30. The third-order valence-electron chi connectivity index (χ3n) is 3.97. The van der Waals surface area contributed by atoms with Crippen molar-refractivity contribution in [3.63, 3.8) is 0 Å². The van der Waals surface area contributed by atoms with Crippen LogP contribution >= 0.6 is 11.6 Å². The van der Waals surface area contributed by atoms with E-state index in [9.17, 15) is 8.78 Å². The molecule has 1 aromatic carbocycles. The van der Waals surface area contributed by atoms with Gasteiger partial charge in [0, 0.05) is 43.3 Å². The number of nitrogens with zero attached hydrogens (tertiary/aromatic N) is 1. The van der Waals surface area contributed by atoms with Gasteiger partial charge in [-0.05, 0) is 42.5 Å². The molecule has 0 amide bonds. The second kappa shape index (κ2) is 7.23. The van der Waals surface area contributed by atoms with Gasteiger partial charge in [0.25, 0.3) is 0 Å². The van der Waals surface area contributed by atoms with E-state index in [0.717, 1.165) is 32.6 Å². The summed E-state index contributed by atoms with van der Waals surface area (Å²) in [6.07, 6.45) is 3.22. The lowest BCUT2D eigenvalue weighted by atomic mass is 10.00. The number of pyridine rings is 1. The summed E-state index contributed by atoms with van der Waals surface area (Å²) in [5.74, 6) is -0.534. The summed E-state index contributed by atoms with van der Waals surface area (Å²) in [7, 11) is 0. The fourth-order valence-electron chi connectivity index (χ4n) is 2.69. The van der Waals surface area contributed by atoms with Gasteiger partial charge in [-0.15, -0.1) is 0 Å². The maximum atomic E-state index is 13.9. The number of aromatic nitrogens is 1. The predicted octanol–water partition coefficient (Wildman–Crippen LogP) is 4.52. The molecule has 1 fully saturated rings. The average Bonchev–Trinajstić information content (AvgIpc) is 2.56. The zero-order chi connectivity index (χ0) is 16.2. The van der Waals surface area contributed by atoms with Gasteiger partial charge in [0.2, 0.25) is 5.95 Å². The zero-order valence-electron chi connectivity index (χ0n) is 12.5. The number of ether oxygens (including phenoxy) is 1. The molecular formula is C17H17ClF2N2O. The van der Waals surface area contributed by atoms with Crippen molar-refractivity contribution in [3.05, 3.63) is 47.2 Å². The van der Waals surface area contributed by atoms with E-state index >= 15 is 0 Å². The molecule has 0 bridgehead atoms. The number of benzene rings is 1. The first kappa shape index (κ1) is 16.1. The minimum atomic E-state index is -0.648. The molecule has 0 spiro atoms. The van der Waals surface area contributed by atoms with E-state index in [1.54, 1.807) is 6.07 Å². The molecule has 0 saturated carbocycles. The Bertz CT molecular complexity index is 690. The number of hydrogen-bond donors (Lipinski definition) is 1. The van der Waals surface area contributed by atoms with Crippen LogP contribution in [0.15, 0.2) is 30.5 Å². The van der Waals surface area contributed by atoms with Crippen molar-refractivity contribution >= 4 is 17.3 Å². The molecular weight excluding hydrogens is 322 g/mol. The van der Waals surface area contributed by atoms with Crippen LogP contribution < -0.4 is 5.32 Å². The Hall–Kier alpha value is -1.72. The summed E-state index contributed by atoms with van der Waals surface area (Å²) in [6, 6.07) is 5.73. The molecule has 6 heteroatoms. The lowest BCUT2D eigenvalue weighted by Gasteiger charge is -2.22. The minimum absolute atomic E-state index is 0.285. The Morgan fingerprint density at radius 2 is 1.96 bits per heavy atom. The van der Waals surface area contributed by atoms with Crippen LogP contribution in [-0.4, -0.2) is 24.7 Å². The Morgan fingerprint density at radius 3 is 2.74 bits per heavy atom. The molecule has 3 nitrogen and oxygen atoms in total. The van der Waals surface area contributed by atoms with Gasteiger partial charge in [-0.3, -0.25) is 0 Å². The average molecular weight is 339 g/mol. The smallest absolute Gasteiger partial charge is 0.213 e. The molecule has 3 rings (SSSR count). The maximum Gasteiger partial charge on any atom is 0.213 e. The molecule has 2 heterocycles. The van der Waals surface area contributed by atoms with Crippen LogP contribution in [0.5, 0.6) is 0 Å². The first-order chi connectivity index (χ1) is 11.1. The molecule has 0 unspecified atom stereocenters. The SMILES string of the molecule is Fc1cc(NCC2CCOCC2)cc(-c2cc(F)ncc2Cl)c1. The Labute approximate surface area is 138 Å². The van der Waals surface area contributed by atoms with E-state index in [1.807, 2.05) is 0 Å². The van der Waals surface area contributed by atoms with E-state index in [1.165, 1.54) is 24.4 Å². The number of nitrogens with one attached hydrogen (secondary N) is 1. The highest BCUT2D eigenvalue weighted by Gasteiger charge is 2.14. The first-order valence-corrected chi connectivity index (χ1v) is 7.93. The van der Waals surface area contributed by atoms with Crippen LogP contribution in [-0.2, 0) is 4.74 Å². The quantitative estimate of drug-likeness (QED) is 0.832. The number of rotatable bonds is 4. The van der Waals surface area contributed by atoms with E-state index in [-0.39, 0.29) is 5.02 Å². The van der Waals surface area contributed by atoms with Crippen LogP contribution in [0, 0.1) is 17.7 Å². The summed E-state index contributed by atoms with van der Waals surface area (Å²) < 4.78 is 32.6. The fraction of sp³-hybridized carbons (Fsp3) is 0.353. The molecule has 1 aliphatic heterocycles. The van der Waals surface area contributed by atoms with Crippen LogP contribution in [0.3, 0.4) is 0 Å². The van der Waals surface area contributed by atoms with Gasteiger partial charge in [0.05, 0.1) is 5.02 Å². The molecule has 0 atom stereocenters. The van der Waals surface area contributed by atoms with Gasteiger partial charge in [-0.1, -0.05) is 11.6 Å². The van der Waals surface area contributed by atoms with Gasteiger partial charge in [0.15, 0.2) is 0 Å². The van der Waals surface area contributed by atoms with Gasteiger partial charge in [-0.25, -0.2) is 9.37 Å². The molecule has 2 aromatic rings. The molecule has 1 aromatic heterocycles. The predicted molar refractivity (Wildman–Crippen MR) is 86.6 cm³/mol. The summed E-state index contributed by atoms with van der Waals surface area (Å²) in [5, 5.41) is 3.54. The van der Waals surface area contributed by atoms with Crippen LogP contribution in [0.25, 0.3) is 11.1 Å². The van der Waals surface area contributed by atoms with Crippen molar-refractivity contribution in [1.29, 1.82) is 0 Å². The highest BCUT2D eigenvalue weighted by Crippen LogP contribution is 2.30. The third-order valence-corrected chi connectivity index (χ3v) is 4.27. The molecule has 23 heavy (non-hydrogen) atoms. The third kappa shape index (κ3) is 4.18. The van der Waals surface area contributed by atoms with Gasteiger partial charge in [0.1, 0.15) is 5.82 Å². The number of halogens is 3. The molecule has 1 N–H and O–H groups in total. The van der Waals surface area contributed by atoms with Crippen LogP contribution in [0.2, 0.25) is 5.02 Å². The normalized spacial score (nSPS) is 15.6. The largest absolute Gasteiger partial charge is 0.385 e. The fourth-order valence-corrected chi connectivity index (χ4v) is 2.91. The molecule has 122 valence electrons. The minimum Gasteiger partial charge on any atom is -0.385 e. The summed E-state index contributed by atoms with van der Waals surface area (Å²) >= 11 is 6.05. The second-order valence-corrected chi connectivity index (χ2v) is 6.06. The van der Waals surface area contributed by atoms with Crippen molar-refractivity contribution in [3.8, 4) is 11.1 Å². The highest BCUT2D eigenvalue weighted by molar-refractivity contribution is 6.33. The molecule has 0 radical (unpaired) electrons. The summed E-state index contributed by atoms with van der Waals surface area (Å²) in [4.78, 5) is 3.49. The maximum absolute atomic E-state index is 13.9. The van der Waals surface area contributed by atoms with Gasteiger partial charge >= 0.3 is 0 Å². The van der Waals surface area contributed by atoms with Crippen molar-refractivity contribution in [2.45, 2.75) is 12.8 Å². The Kier molecular flexibility index (Phi) is 5.08. The summed E-state index contributed by atoms with van der Waals surface area (Å²) in [5.41, 5.74) is 1.60. The highest BCUT2D eigenvalue weighted by atomic mass is 35.5. The van der Waals surface area contributed by atoms with E-state index in [2.05, 4.69) is 10.3 Å². The Morgan fingerprint density at radius 1 is 1.17 bits per heavy atom. The lowest BCUT2D eigenvalue weighted by molar-refractivity contribution is 0.0699. The topological polar surface area (TPSA) is 34.1 Å². The molecule has 0 aliphatic carbocycles.